The minimum atomic E-state index is -0.578. The lowest BCUT2D eigenvalue weighted by molar-refractivity contribution is 0.262. The quantitative estimate of drug-likeness (QED) is 0.898. The van der Waals surface area contributed by atoms with E-state index in [9.17, 15) is 13.9 Å². The maximum Gasteiger partial charge on any atom is 0.129 e. The summed E-state index contributed by atoms with van der Waals surface area (Å²) in [4.78, 5) is 0. The number of hydrogen-bond acceptors (Lipinski definition) is 1. The number of benzene rings is 2. The molecule has 0 aliphatic rings. The molecule has 1 N–H and O–H groups in total. The lowest BCUT2D eigenvalue weighted by Gasteiger charge is -2.17. The largest absolute Gasteiger partial charge is 0.396 e. The van der Waals surface area contributed by atoms with Crippen LogP contribution in [-0.2, 0) is 6.42 Å². The average Bonchev–Trinajstić information content (AvgIpc) is 2.40. The van der Waals surface area contributed by atoms with Gasteiger partial charge in [-0.05, 0) is 30.2 Å². The molecule has 0 spiro atoms. The van der Waals surface area contributed by atoms with Gasteiger partial charge in [0.05, 0.1) is 6.61 Å². The highest BCUT2D eigenvalue weighted by Gasteiger charge is 2.18. The summed E-state index contributed by atoms with van der Waals surface area (Å²) in [6.45, 7) is -0.170. The van der Waals surface area contributed by atoms with Gasteiger partial charge in [0.15, 0.2) is 0 Å². The fourth-order valence-electron chi connectivity index (χ4n) is 2.05. The summed E-state index contributed by atoms with van der Waals surface area (Å²) in [7, 11) is 0. The number of halogens is 3. The van der Waals surface area contributed by atoms with Gasteiger partial charge < -0.3 is 5.11 Å². The van der Waals surface area contributed by atoms with E-state index in [0.717, 1.165) is 10.0 Å². The molecule has 0 fully saturated rings. The van der Waals surface area contributed by atoms with Crippen molar-refractivity contribution in [2.75, 3.05) is 6.61 Å². The fraction of sp³-hybridized carbons (Fsp3) is 0.200. The summed E-state index contributed by atoms with van der Waals surface area (Å²) in [5, 5.41) is 9.48. The van der Waals surface area contributed by atoms with Crippen LogP contribution in [0.15, 0.2) is 46.9 Å². The summed E-state index contributed by atoms with van der Waals surface area (Å²) < 4.78 is 28.1. The second-order valence-electron chi connectivity index (χ2n) is 4.31. The Morgan fingerprint density at radius 2 is 1.63 bits per heavy atom. The third-order valence-electron chi connectivity index (χ3n) is 3.08. The number of hydrogen-bond donors (Lipinski definition) is 1. The van der Waals surface area contributed by atoms with E-state index in [0.29, 0.717) is 0 Å². The van der Waals surface area contributed by atoms with Crippen LogP contribution in [0.3, 0.4) is 0 Å². The Bertz CT molecular complexity index is 552. The molecule has 4 heteroatoms. The molecule has 0 bridgehead atoms. The van der Waals surface area contributed by atoms with Crippen LogP contribution in [0.4, 0.5) is 8.78 Å². The molecule has 2 aromatic carbocycles. The molecule has 0 aliphatic carbocycles. The molecule has 0 amide bonds. The zero-order chi connectivity index (χ0) is 13.8. The highest BCUT2D eigenvalue weighted by Crippen LogP contribution is 2.29. The van der Waals surface area contributed by atoms with E-state index in [1.165, 1.54) is 18.2 Å². The van der Waals surface area contributed by atoms with E-state index in [1.54, 1.807) is 0 Å². The monoisotopic (exact) mass is 326 g/mol. The minimum Gasteiger partial charge on any atom is -0.396 e. The van der Waals surface area contributed by atoms with Gasteiger partial charge in [-0.15, -0.1) is 0 Å². The molecule has 100 valence electrons. The zero-order valence-corrected chi connectivity index (χ0v) is 11.7. The second kappa shape index (κ2) is 6.26. The zero-order valence-electron chi connectivity index (χ0n) is 10.1. The molecular weight excluding hydrogens is 314 g/mol. The van der Waals surface area contributed by atoms with E-state index in [-0.39, 0.29) is 24.5 Å². The third-order valence-corrected chi connectivity index (χ3v) is 3.80. The molecule has 2 rings (SSSR count). The molecule has 0 radical (unpaired) electrons. The molecule has 0 saturated carbocycles. The molecule has 19 heavy (non-hydrogen) atoms. The molecule has 1 nitrogen and oxygen atoms in total. The van der Waals surface area contributed by atoms with E-state index in [1.807, 2.05) is 24.3 Å². The fourth-order valence-corrected chi connectivity index (χ4v) is 2.66. The van der Waals surface area contributed by atoms with Crippen molar-refractivity contribution >= 4 is 15.9 Å². The van der Waals surface area contributed by atoms with Crippen LogP contribution in [0.1, 0.15) is 17.0 Å². The molecule has 0 aromatic heterocycles. The van der Waals surface area contributed by atoms with Gasteiger partial charge in [0.25, 0.3) is 0 Å². The van der Waals surface area contributed by atoms with E-state index in [4.69, 9.17) is 0 Å². The van der Waals surface area contributed by atoms with Crippen molar-refractivity contribution in [2.45, 2.75) is 12.3 Å². The number of rotatable bonds is 4. The van der Waals surface area contributed by atoms with Crippen LogP contribution in [0.2, 0.25) is 0 Å². The first-order chi connectivity index (χ1) is 9.13. The molecule has 1 atom stereocenters. The second-order valence-corrected chi connectivity index (χ2v) is 5.16. The lowest BCUT2D eigenvalue weighted by Crippen LogP contribution is -2.11. The SMILES string of the molecule is OCC(Cc1c(F)cccc1F)c1ccccc1Br. The molecule has 1 unspecified atom stereocenters. The third kappa shape index (κ3) is 3.19. The molecular formula is C15H13BrF2O. The van der Waals surface area contributed by atoms with Crippen LogP contribution in [0, 0.1) is 11.6 Å². The Labute approximate surface area is 119 Å². The van der Waals surface area contributed by atoms with Crippen molar-refractivity contribution in [2.24, 2.45) is 0 Å². The first-order valence-corrected chi connectivity index (χ1v) is 6.71. The molecule has 2 aromatic rings. The lowest BCUT2D eigenvalue weighted by atomic mass is 9.92. The van der Waals surface area contributed by atoms with Gasteiger partial charge in [0, 0.05) is 16.0 Å². The molecule has 0 aliphatic heterocycles. The van der Waals surface area contributed by atoms with E-state index in [2.05, 4.69) is 15.9 Å². The summed E-state index contributed by atoms with van der Waals surface area (Å²) in [6.07, 6.45) is 0.123. The smallest absolute Gasteiger partial charge is 0.129 e. The first kappa shape index (κ1) is 14.2. The number of aliphatic hydroxyl groups excluding tert-OH is 1. The normalized spacial score (nSPS) is 12.4. The van der Waals surface area contributed by atoms with Gasteiger partial charge in [-0.25, -0.2) is 8.78 Å². The predicted octanol–water partition coefficient (Wildman–Crippen LogP) is 4.05. The van der Waals surface area contributed by atoms with Crippen molar-refractivity contribution in [1.29, 1.82) is 0 Å². The van der Waals surface area contributed by atoms with E-state index >= 15 is 0 Å². The van der Waals surface area contributed by atoms with Crippen LogP contribution < -0.4 is 0 Å². The van der Waals surface area contributed by atoms with Gasteiger partial charge in [-0.1, -0.05) is 40.2 Å². The molecule has 0 saturated heterocycles. The van der Waals surface area contributed by atoms with Crippen molar-refractivity contribution in [3.8, 4) is 0 Å². The highest BCUT2D eigenvalue weighted by molar-refractivity contribution is 9.10. The maximum atomic E-state index is 13.6. The summed E-state index contributed by atoms with van der Waals surface area (Å²) in [6, 6.07) is 11.2. The van der Waals surface area contributed by atoms with Crippen molar-refractivity contribution in [1.82, 2.24) is 0 Å². The minimum absolute atomic E-state index is 0.0114. The van der Waals surface area contributed by atoms with Crippen molar-refractivity contribution < 1.29 is 13.9 Å². The Kier molecular flexibility index (Phi) is 4.66. The first-order valence-electron chi connectivity index (χ1n) is 5.91. The van der Waals surface area contributed by atoms with Crippen LogP contribution in [0.5, 0.6) is 0 Å². The van der Waals surface area contributed by atoms with E-state index < -0.39 is 11.6 Å². The Balaban J connectivity index is 2.32. The Hall–Kier alpha value is -1.26. The maximum absolute atomic E-state index is 13.6. The molecule has 0 heterocycles. The van der Waals surface area contributed by atoms with Crippen LogP contribution >= 0.6 is 15.9 Å². The summed E-state index contributed by atoms with van der Waals surface area (Å²) >= 11 is 3.39. The van der Waals surface area contributed by atoms with Crippen molar-refractivity contribution in [3.63, 3.8) is 0 Å². The van der Waals surface area contributed by atoms with Crippen molar-refractivity contribution in [3.05, 3.63) is 69.7 Å². The van der Waals surface area contributed by atoms with Crippen LogP contribution in [-0.4, -0.2) is 11.7 Å². The highest BCUT2D eigenvalue weighted by atomic mass is 79.9. The van der Waals surface area contributed by atoms with Gasteiger partial charge in [-0.3, -0.25) is 0 Å². The number of aliphatic hydroxyl groups is 1. The van der Waals surface area contributed by atoms with Gasteiger partial charge in [-0.2, -0.15) is 0 Å². The summed E-state index contributed by atoms with van der Waals surface area (Å²) in [5.41, 5.74) is 0.852. The van der Waals surface area contributed by atoms with Gasteiger partial charge >= 0.3 is 0 Å². The standard InChI is InChI=1S/C15H13BrF2O/c16-13-5-2-1-4-11(13)10(9-19)8-12-14(17)6-3-7-15(12)18/h1-7,10,19H,8-9H2. The van der Waals surface area contributed by atoms with Gasteiger partial charge in [0.1, 0.15) is 11.6 Å². The Morgan fingerprint density at radius 1 is 1.00 bits per heavy atom. The average molecular weight is 327 g/mol. The summed E-state index contributed by atoms with van der Waals surface area (Å²) in [5.74, 6) is -1.50. The topological polar surface area (TPSA) is 20.2 Å². The predicted molar refractivity (Wildman–Crippen MR) is 74.0 cm³/mol. The van der Waals surface area contributed by atoms with Crippen LogP contribution in [0.25, 0.3) is 0 Å². The van der Waals surface area contributed by atoms with Gasteiger partial charge in [0.2, 0.25) is 0 Å². The Morgan fingerprint density at radius 3 is 2.21 bits per heavy atom.